The van der Waals surface area contributed by atoms with Crippen LogP contribution in [0.25, 0.3) is 0 Å². The first-order valence-electron chi connectivity index (χ1n) is 6.81. The predicted molar refractivity (Wildman–Crippen MR) is 75.3 cm³/mol. The first-order chi connectivity index (χ1) is 9.51. The van der Waals surface area contributed by atoms with Crippen LogP contribution in [0, 0.1) is 5.92 Å². The highest BCUT2D eigenvalue weighted by atomic mass is 16.5. The Hall–Kier alpha value is -1.82. The van der Waals surface area contributed by atoms with Crippen molar-refractivity contribution in [3.05, 3.63) is 18.0 Å². The fourth-order valence-corrected chi connectivity index (χ4v) is 2.71. The minimum Gasteiger partial charge on any atom is -0.464 e. The molecule has 6 heteroatoms. The van der Waals surface area contributed by atoms with Crippen LogP contribution in [0.3, 0.4) is 0 Å². The van der Waals surface area contributed by atoms with Gasteiger partial charge in [-0.15, -0.1) is 0 Å². The van der Waals surface area contributed by atoms with E-state index >= 15 is 0 Å². The third kappa shape index (κ3) is 3.19. The predicted octanol–water partition coefficient (Wildman–Crippen LogP) is 1.27. The van der Waals surface area contributed by atoms with E-state index in [4.69, 9.17) is 5.73 Å². The lowest BCUT2D eigenvalue weighted by atomic mass is 10.00. The average Bonchev–Trinajstić information content (AvgIpc) is 2.95. The first-order valence-corrected chi connectivity index (χ1v) is 6.81. The molecule has 0 unspecified atom stereocenters. The molecular weight excluding hydrogens is 258 g/mol. The molecule has 0 bridgehead atoms. The minimum atomic E-state index is -0.425. The lowest BCUT2D eigenvalue weighted by molar-refractivity contribution is -0.117. The van der Waals surface area contributed by atoms with E-state index in [-0.39, 0.29) is 17.9 Å². The standard InChI is InChI=1S/C14H21N3O3/c1-17-8-10(7-12(17)14(19)20-2)16-13(18)6-9-4-3-5-11(9)15/h7-9,11H,3-6,15H2,1-2H3,(H,16,18)/t9-,11+/m0/s1. The molecule has 2 rings (SSSR count). The number of amides is 1. The molecule has 1 aliphatic carbocycles. The van der Waals surface area contributed by atoms with E-state index < -0.39 is 5.97 Å². The Kier molecular flexibility index (Phi) is 4.44. The van der Waals surface area contributed by atoms with Crippen molar-refractivity contribution in [1.29, 1.82) is 0 Å². The molecule has 0 saturated heterocycles. The van der Waals surface area contributed by atoms with Gasteiger partial charge in [-0.3, -0.25) is 4.79 Å². The second kappa shape index (κ2) is 6.09. The fourth-order valence-electron chi connectivity index (χ4n) is 2.71. The van der Waals surface area contributed by atoms with E-state index in [1.165, 1.54) is 7.11 Å². The number of carbonyl (C=O) groups excluding carboxylic acids is 2. The maximum Gasteiger partial charge on any atom is 0.354 e. The number of hydrogen-bond donors (Lipinski definition) is 2. The van der Waals surface area contributed by atoms with Crippen LogP contribution in [0.2, 0.25) is 0 Å². The zero-order valence-electron chi connectivity index (χ0n) is 11.9. The van der Waals surface area contributed by atoms with E-state index in [2.05, 4.69) is 10.1 Å². The van der Waals surface area contributed by atoms with Crippen molar-refractivity contribution in [3.63, 3.8) is 0 Å². The molecular formula is C14H21N3O3. The second-order valence-electron chi connectivity index (χ2n) is 5.32. The second-order valence-corrected chi connectivity index (χ2v) is 5.32. The Balaban J connectivity index is 1.96. The van der Waals surface area contributed by atoms with Crippen LogP contribution < -0.4 is 11.1 Å². The summed E-state index contributed by atoms with van der Waals surface area (Å²) in [6.45, 7) is 0. The number of nitrogens with zero attached hydrogens (tertiary/aromatic N) is 1. The van der Waals surface area contributed by atoms with Crippen LogP contribution in [-0.2, 0) is 16.6 Å². The highest BCUT2D eigenvalue weighted by Crippen LogP contribution is 2.27. The van der Waals surface area contributed by atoms with E-state index in [1.54, 1.807) is 23.9 Å². The van der Waals surface area contributed by atoms with Crippen molar-refractivity contribution < 1.29 is 14.3 Å². The van der Waals surface area contributed by atoms with Gasteiger partial charge in [-0.2, -0.15) is 0 Å². The number of nitrogens with one attached hydrogen (secondary N) is 1. The summed E-state index contributed by atoms with van der Waals surface area (Å²) in [5, 5.41) is 2.81. The number of aromatic nitrogens is 1. The van der Waals surface area contributed by atoms with Crippen molar-refractivity contribution in [3.8, 4) is 0 Å². The molecule has 0 aliphatic heterocycles. The molecule has 110 valence electrons. The Morgan fingerprint density at radius 2 is 2.25 bits per heavy atom. The summed E-state index contributed by atoms with van der Waals surface area (Å²) >= 11 is 0. The Morgan fingerprint density at radius 1 is 1.50 bits per heavy atom. The van der Waals surface area contributed by atoms with Gasteiger partial charge in [0.2, 0.25) is 5.91 Å². The largest absolute Gasteiger partial charge is 0.464 e. The Bertz CT molecular complexity index is 510. The fraction of sp³-hybridized carbons (Fsp3) is 0.571. The van der Waals surface area contributed by atoms with Gasteiger partial charge in [0.1, 0.15) is 5.69 Å². The number of rotatable bonds is 4. The summed E-state index contributed by atoms with van der Waals surface area (Å²) < 4.78 is 6.30. The molecule has 3 N–H and O–H groups in total. The maximum atomic E-state index is 12.0. The van der Waals surface area contributed by atoms with Gasteiger partial charge in [0.25, 0.3) is 0 Å². The summed E-state index contributed by atoms with van der Waals surface area (Å²) in [4.78, 5) is 23.5. The molecule has 1 saturated carbocycles. The maximum absolute atomic E-state index is 12.0. The number of methoxy groups -OCH3 is 1. The zero-order valence-corrected chi connectivity index (χ0v) is 11.9. The lowest BCUT2D eigenvalue weighted by Gasteiger charge is -2.14. The van der Waals surface area contributed by atoms with Crippen LogP contribution in [0.4, 0.5) is 5.69 Å². The van der Waals surface area contributed by atoms with Crippen molar-refractivity contribution in [2.45, 2.75) is 31.7 Å². The van der Waals surface area contributed by atoms with E-state index in [0.29, 0.717) is 17.8 Å². The molecule has 0 radical (unpaired) electrons. The number of nitrogens with two attached hydrogens (primary N) is 1. The summed E-state index contributed by atoms with van der Waals surface area (Å²) in [7, 11) is 3.06. The summed E-state index contributed by atoms with van der Waals surface area (Å²) in [5.74, 6) is -0.223. The molecule has 1 heterocycles. The molecule has 6 nitrogen and oxygen atoms in total. The van der Waals surface area contributed by atoms with E-state index in [0.717, 1.165) is 19.3 Å². The molecule has 20 heavy (non-hydrogen) atoms. The Morgan fingerprint density at radius 3 is 2.85 bits per heavy atom. The smallest absolute Gasteiger partial charge is 0.354 e. The highest BCUT2D eigenvalue weighted by molar-refractivity contribution is 5.94. The van der Waals surface area contributed by atoms with Crippen molar-refractivity contribution in [1.82, 2.24) is 4.57 Å². The van der Waals surface area contributed by atoms with Gasteiger partial charge in [0.15, 0.2) is 0 Å². The van der Waals surface area contributed by atoms with Gasteiger partial charge in [0.05, 0.1) is 12.8 Å². The third-order valence-corrected chi connectivity index (χ3v) is 3.85. The number of anilines is 1. The normalized spacial score (nSPS) is 21.8. The summed E-state index contributed by atoms with van der Waals surface area (Å²) in [6.07, 6.45) is 5.23. The Labute approximate surface area is 118 Å². The number of hydrogen-bond acceptors (Lipinski definition) is 4. The number of esters is 1. The van der Waals surface area contributed by atoms with Gasteiger partial charge in [0, 0.05) is 25.7 Å². The van der Waals surface area contributed by atoms with Crippen LogP contribution in [-0.4, -0.2) is 29.6 Å². The number of ether oxygens (including phenoxy) is 1. The van der Waals surface area contributed by atoms with Gasteiger partial charge in [-0.05, 0) is 24.8 Å². The van der Waals surface area contributed by atoms with Crippen LogP contribution in [0.5, 0.6) is 0 Å². The summed E-state index contributed by atoms with van der Waals surface area (Å²) in [6, 6.07) is 1.74. The van der Waals surface area contributed by atoms with Crippen LogP contribution in [0.15, 0.2) is 12.3 Å². The minimum absolute atomic E-state index is 0.0608. The zero-order chi connectivity index (χ0) is 14.7. The van der Waals surface area contributed by atoms with Crippen LogP contribution >= 0.6 is 0 Å². The van der Waals surface area contributed by atoms with Gasteiger partial charge < -0.3 is 20.4 Å². The lowest BCUT2D eigenvalue weighted by Crippen LogP contribution is -2.28. The van der Waals surface area contributed by atoms with E-state index in [1.807, 2.05) is 0 Å². The summed E-state index contributed by atoms with van der Waals surface area (Å²) in [5.41, 5.74) is 6.97. The van der Waals surface area contributed by atoms with Crippen molar-refractivity contribution >= 4 is 17.6 Å². The average molecular weight is 279 g/mol. The molecule has 1 amide bonds. The molecule has 0 aromatic carbocycles. The molecule has 1 aromatic heterocycles. The topological polar surface area (TPSA) is 86.3 Å². The first kappa shape index (κ1) is 14.6. The van der Waals surface area contributed by atoms with Gasteiger partial charge >= 0.3 is 5.97 Å². The van der Waals surface area contributed by atoms with Crippen molar-refractivity contribution in [2.24, 2.45) is 18.7 Å². The molecule has 1 aliphatic rings. The van der Waals surface area contributed by atoms with E-state index in [9.17, 15) is 9.59 Å². The van der Waals surface area contributed by atoms with Gasteiger partial charge in [-0.1, -0.05) is 6.42 Å². The van der Waals surface area contributed by atoms with Crippen molar-refractivity contribution in [2.75, 3.05) is 12.4 Å². The highest BCUT2D eigenvalue weighted by Gasteiger charge is 2.26. The molecule has 2 atom stereocenters. The monoisotopic (exact) mass is 279 g/mol. The third-order valence-electron chi connectivity index (χ3n) is 3.85. The van der Waals surface area contributed by atoms with Gasteiger partial charge in [-0.25, -0.2) is 4.79 Å². The SMILES string of the molecule is COC(=O)c1cc(NC(=O)C[C@@H]2CCC[C@H]2N)cn1C. The molecule has 1 fully saturated rings. The number of carbonyl (C=O) groups is 2. The number of aryl methyl sites for hydroxylation is 1. The van der Waals surface area contributed by atoms with Crippen LogP contribution in [0.1, 0.15) is 36.2 Å². The quantitative estimate of drug-likeness (QED) is 0.813. The molecule has 1 aromatic rings. The molecule has 0 spiro atoms.